The highest BCUT2D eigenvalue weighted by Crippen LogP contribution is 2.19. The van der Waals surface area contributed by atoms with E-state index >= 15 is 0 Å². The van der Waals surface area contributed by atoms with Gasteiger partial charge in [0.15, 0.2) is 0 Å². The number of rotatable bonds is 2. The molecular weight excluding hydrogens is 252 g/mol. The second kappa shape index (κ2) is 4.07. The fourth-order valence-electron chi connectivity index (χ4n) is 1.32. The Kier molecular flexibility index (Phi) is 2.91. The summed E-state index contributed by atoms with van der Waals surface area (Å²) in [7, 11) is -3.80. The maximum atomic E-state index is 12.0. The molecule has 0 saturated carbocycles. The van der Waals surface area contributed by atoms with Gasteiger partial charge >= 0.3 is 0 Å². The SMILES string of the molecule is Cc1nnc(S(=O)(=O)N2CCNCC2=O)s1. The molecule has 1 amide bonds. The van der Waals surface area contributed by atoms with Crippen LogP contribution in [0.25, 0.3) is 0 Å². The number of carbonyl (C=O) groups is 1. The number of piperazine rings is 1. The first-order chi connectivity index (χ1) is 7.51. The quantitative estimate of drug-likeness (QED) is 0.732. The van der Waals surface area contributed by atoms with Crippen molar-refractivity contribution in [1.29, 1.82) is 0 Å². The van der Waals surface area contributed by atoms with Crippen LogP contribution in [0, 0.1) is 6.92 Å². The van der Waals surface area contributed by atoms with Crippen LogP contribution < -0.4 is 5.32 Å². The molecule has 0 unspecified atom stereocenters. The molecule has 1 N–H and O–H groups in total. The van der Waals surface area contributed by atoms with E-state index in [1.165, 1.54) is 0 Å². The van der Waals surface area contributed by atoms with Crippen LogP contribution in [0.1, 0.15) is 5.01 Å². The molecule has 0 aliphatic carbocycles. The predicted molar refractivity (Wildman–Crippen MR) is 56.4 cm³/mol. The van der Waals surface area contributed by atoms with Crippen LogP contribution in [0.4, 0.5) is 0 Å². The van der Waals surface area contributed by atoms with Crippen molar-refractivity contribution < 1.29 is 13.2 Å². The summed E-state index contributed by atoms with van der Waals surface area (Å²) in [6, 6.07) is 0. The Morgan fingerprint density at radius 3 is 2.75 bits per heavy atom. The van der Waals surface area contributed by atoms with Crippen molar-refractivity contribution in [2.45, 2.75) is 11.3 Å². The Labute approximate surface area is 96.5 Å². The second-order valence-corrected chi connectivity index (χ2v) is 6.45. The van der Waals surface area contributed by atoms with Gasteiger partial charge in [-0.15, -0.1) is 10.2 Å². The van der Waals surface area contributed by atoms with Gasteiger partial charge in [0.2, 0.25) is 5.91 Å². The molecule has 1 aliphatic rings. The van der Waals surface area contributed by atoms with Gasteiger partial charge in [-0.05, 0) is 6.92 Å². The minimum Gasteiger partial charge on any atom is -0.307 e. The zero-order chi connectivity index (χ0) is 11.8. The first-order valence-corrected chi connectivity index (χ1v) is 6.84. The van der Waals surface area contributed by atoms with E-state index < -0.39 is 15.9 Å². The number of amides is 1. The summed E-state index contributed by atoms with van der Waals surface area (Å²) in [5.74, 6) is -0.459. The summed E-state index contributed by atoms with van der Waals surface area (Å²) >= 11 is 0.966. The first kappa shape index (κ1) is 11.4. The van der Waals surface area contributed by atoms with E-state index in [9.17, 15) is 13.2 Å². The molecule has 1 fully saturated rings. The van der Waals surface area contributed by atoms with Crippen molar-refractivity contribution >= 4 is 27.3 Å². The van der Waals surface area contributed by atoms with Crippen molar-refractivity contribution in [2.24, 2.45) is 0 Å². The zero-order valence-corrected chi connectivity index (χ0v) is 10.1. The summed E-state index contributed by atoms with van der Waals surface area (Å²) < 4.78 is 24.7. The number of hydrogen-bond donors (Lipinski definition) is 1. The fraction of sp³-hybridized carbons (Fsp3) is 0.571. The Hall–Kier alpha value is -1.06. The van der Waals surface area contributed by atoms with Gasteiger partial charge in [-0.3, -0.25) is 4.79 Å². The van der Waals surface area contributed by atoms with Gasteiger partial charge in [0.05, 0.1) is 6.54 Å². The Morgan fingerprint density at radius 1 is 1.44 bits per heavy atom. The number of nitrogens with one attached hydrogen (secondary N) is 1. The van der Waals surface area contributed by atoms with Crippen LogP contribution in [0.15, 0.2) is 4.34 Å². The molecule has 1 aliphatic heterocycles. The topological polar surface area (TPSA) is 92.3 Å². The molecule has 2 heterocycles. The number of aryl methyl sites for hydroxylation is 1. The lowest BCUT2D eigenvalue weighted by atomic mass is 10.4. The number of hydrogen-bond acceptors (Lipinski definition) is 7. The molecule has 0 atom stereocenters. The van der Waals surface area contributed by atoms with Crippen LogP contribution in [0.2, 0.25) is 0 Å². The third kappa shape index (κ3) is 1.93. The zero-order valence-electron chi connectivity index (χ0n) is 8.50. The molecule has 1 aromatic heterocycles. The molecule has 0 aromatic carbocycles. The molecule has 7 nitrogen and oxygen atoms in total. The maximum absolute atomic E-state index is 12.0. The van der Waals surface area contributed by atoms with Gasteiger partial charge in [-0.1, -0.05) is 11.3 Å². The van der Waals surface area contributed by atoms with E-state index in [0.29, 0.717) is 11.6 Å². The van der Waals surface area contributed by atoms with Gasteiger partial charge in [0, 0.05) is 13.1 Å². The van der Waals surface area contributed by atoms with Crippen molar-refractivity contribution in [3.8, 4) is 0 Å². The third-order valence-corrected chi connectivity index (χ3v) is 5.07. The smallest absolute Gasteiger partial charge is 0.295 e. The van der Waals surface area contributed by atoms with E-state index in [4.69, 9.17) is 0 Å². The van der Waals surface area contributed by atoms with Crippen LogP contribution in [0.5, 0.6) is 0 Å². The highest BCUT2D eigenvalue weighted by atomic mass is 32.2. The lowest BCUT2D eigenvalue weighted by molar-refractivity contribution is -0.126. The van der Waals surface area contributed by atoms with Gasteiger partial charge in [0.25, 0.3) is 14.4 Å². The first-order valence-electron chi connectivity index (χ1n) is 4.58. The molecule has 16 heavy (non-hydrogen) atoms. The lowest BCUT2D eigenvalue weighted by Gasteiger charge is -2.25. The minimum absolute atomic E-state index is 0.0387. The summed E-state index contributed by atoms with van der Waals surface area (Å²) in [4.78, 5) is 11.5. The van der Waals surface area contributed by atoms with Crippen LogP contribution in [-0.4, -0.2) is 48.5 Å². The predicted octanol–water partition coefficient (Wildman–Crippen LogP) is -1.03. The number of carbonyl (C=O) groups excluding carboxylic acids is 1. The second-order valence-electron chi connectivity index (χ2n) is 3.23. The third-order valence-electron chi connectivity index (χ3n) is 2.06. The molecule has 1 aromatic rings. The normalized spacial score (nSPS) is 17.8. The van der Waals surface area contributed by atoms with Crippen LogP contribution in [0.3, 0.4) is 0 Å². The summed E-state index contributed by atoms with van der Waals surface area (Å²) in [5, 5.41) is 10.6. The van der Waals surface area contributed by atoms with Crippen molar-refractivity contribution in [3.63, 3.8) is 0 Å². The highest BCUT2D eigenvalue weighted by molar-refractivity contribution is 7.91. The fourth-order valence-corrected chi connectivity index (χ4v) is 3.79. The molecule has 88 valence electrons. The number of aromatic nitrogens is 2. The Balaban J connectivity index is 2.35. The van der Waals surface area contributed by atoms with Crippen molar-refractivity contribution in [2.75, 3.05) is 19.6 Å². The van der Waals surface area contributed by atoms with E-state index in [1.54, 1.807) is 6.92 Å². The summed E-state index contributed by atoms with van der Waals surface area (Å²) in [6.45, 7) is 2.30. The lowest BCUT2D eigenvalue weighted by Crippen LogP contribution is -2.50. The van der Waals surface area contributed by atoms with Gasteiger partial charge in [0.1, 0.15) is 5.01 Å². The van der Waals surface area contributed by atoms with E-state index in [-0.39, 0.29) is 17.4 Å². The molecule has 0 spiro atoms. The average Bonchev–Trinajstić information content (AvgIpc) is 2.66. The van der Waals surface area contributed by atoms with Crippen LogP contribution >= 0.6 is 11.3 Å². The van der Waals surface area contributed by atoms with Gasteiger partial charge < -0.3 is 5.32 Å². The van der Waals surface area contributed by atoms with E-state index in [1.807, 2.05) is 0 Å². The standard InChI is InChI=1S/C7H10N4O3S2/c1-5-9-10-7(15-5)16(13,14)11-3-2-8-4-6(11)12/h8H,2-4H2,1H3. The van der Waals surface area contributed by atoms with Crippen molar-refractivity contribution in [1.82, 2.24) is 19.8 Å². The van der Waals surface area contributed by atoms with Crippen molar-refractivity contribution in [3.05, 3.63) is 5.01 Å². The van der Waals surface area contributed by atoms with E-state index in [2.05, 4.69) is 15.5 Å². The molecule has 0 bridgehead atoms. The minimum atomic E-state index is -3.80. The summed E-state index contributed by atoms with van der Waals surface area (Å²) in [6.07, 6.45) is 0. The van der Waals surface area contributed by atoms with Crippen LogP contribution in [-0.2, 0) is 14.8 Å². The molecular formula is C7H10N4O3S2. The van der Waals surface area contributed by atoms with Gasteiger partial charge in [-0.2, -0.15) is 8.42 Å². The molecule has 0 radical (unpaired) electrons. The molecule has 1 saturated heterocycles. The monoisotopic (exact) mass is 262 g/mol. The largest absolute Gasteiger partial charge is 0.307 e. The Morgan fingerprint density at radius 2 is 2.19 bits per heavy atom. The van der Waals surface area contributed by atoms with Gasteiger partial charge in [-0.25, -0.2) is 4.31 Å². The highest BCUT2D eigenvalue weighted by Gasteiger charge is 2.33. The Bertz CT molecular complexity index is 509. The summed E-state index contributed by atoms with van der Waals surface area (Å²) in [5.41, 5.74) is 0. The number of nitrogens with zero attached hydrogens (tertiary/aromatic N) is 3. The maximum Gasteiger partial charge on any atom is 0.295 e. The number of sulfonamides is 1. The van der Waals surface area contributed by atoms with E-state index in [0.717, 1.165) is 15.6 Å². The molecule has 9 heteroatoms. The molecule has 2 rings (SSSR count). The average molecular weight is 262 g/mol.